The second-order valence-electron chi connectivity index (χ2n) is 7.80. The highest BCUT2D eigenvalue weighted by atomic mass is 32.2. The summed E-state index contributed by atoms with van der Waals surface area (Å²) < 4.78 is 32.5. The van der Waals surface area contributed by atoms with Crippen molar-refractivity contribution in [1.29, 1.82) is 0 Å². The van der Waals surface area contributed by atoms with Crippen LogP contribution < -0.4 is 10.1 Å². The van der Waals surface area contributed by atoms with E-state index in [1.807, 2.05) is 32.9 Å². The smallest absolute Gasteiger partial charge is 0.243 e. The predicted octanol–water partition coefficient (Wildman–Crippen LogP) is 3.89. The van der Waals surface area contributed by atoms with Crippen molar-refractivity contribution in [1.82, 2.24) is 9.21 Å². The Balaban J connectivity index is 1.66. The molecule has 1 fully saturated rings. The molecule has 0 spiro atoms. The highest BCUT2D eigenvalue weighted by Gasteiger charge is 2.28. The predicted molar refractivity (Wildman–Crippen MR) is 126 cm³/mol. The maximum Gasteiger partial charge on any atom is 0.243 e. The number of carbonyl (C=O) groups excluding carboxylic acids is 1. The molecule has 1 aliphatic rings. The standard InChI is InChI=1S/C24H33N3O4S/c1-4-27(5-2)32(29,30)22-10-7-9-20(17-22)25-24(28)18-26-16-8-11-23(26)19-12-14-21(15-13-19)31-6-3/h7,9-10,12-15,17,23H,4-6,8,11,16,18H2,1-3H3,(H,25,28). The Morgan fingerprint density at radius 3 is 2.50 bits per heavy atom. The van der Waals surface area contributed by atoms with Gasteiger partial charge in [-0.25, -0.2) is 8.42 Å². The van der Waals surface area contributed by atoms with Gasteiger partial charge in [0.05, 0.1) is 18.0 Å². The summed E-state index contributed by atoms with van der Waals surface area (Å²) in [6, 6.07) is 14.7. The van der Waals surface area contributed by atoms with Gasteiger partial charge in [0.25, 0.3) is 0 Å². The van der Waals surface area contributed by atoms with Crippen LogP contribution in [0.2, 0.25) is 0 Å². The van der Waals surface area contributed by atoms with E-state index in [0.717, 1.165) is 25.1 Å². The molecular weight excluding hydrogens is 426 g/mol. The lowest BCUT2D eigenvalue weighted by Gasteiger charge is -2.24. The average molecular weight is 460 g/mol. The summed E-state index contributed by atoms with van der Waals surface area (Å²) in [4.78, 5) is 15.1. The number of likely N-dealkylation sites (tertiary alicyclic amines) is 1. The van der Waals surface area contributed by atoms with Crippen molar-refractivity contribution in [2.45, 2.75) is 44.6 Å². The van der Waals surface area contributed by atoms with Crippen molar-refractivity contribution in [3.8, 4) is 5.75 Å². The van der Waals surface area contributed by atoms with Gasteiger partial charge in [-0.2, -0.15) is 4.31 Å². The largest absolute Gasteiger partial charge is 0.494 e. The molecule has 1 amide bonds. The van der Waals surface area contributed by atoms with E-state index in [9.17, 15) is 13.2 Å². The maximum absolute atomic E-state index is 12.8. The van der Waals surface area contributed by atoms with Crippen molar-refractivity contribution in [3.05, 3.63) is 54.1 Å². The number of rotatable bonds is 10. The molecule has 2 aromatic rings. The zero-order valence-corrected chi connectivity index (χ0v) is 19.9. The molecule has 0 aliphatic carbocycles. The first-order valence-corrected chi connectivity index (χ1v) is 12.7. The SMILES string of the molecule is CCOc1ccc(C2CCCN2CC(=O)Nc2cccc(S(=O)(=O)N(CC)CC)c2)cc1. The number of ether oxygens (including phenoxy) is 1. The van der Waals surface area contributed by atoms with E-state index < -0.39 is 10.0 Å². The molecule has 1 aliphatic heterocycles. The molecule has 0 saturated carbocycles. The number of nitrogens with zero attached hydrogens (tertiary/aromatic N) is 2. The Bertz CT molecular complexity index is 1000. The quantitative estimate of drug-likeness (QED) is 0.583. The summed E-state index contributed by atoms with van der Waals surface area (Å²) in [6.07, 6.45) is 2.03. The molecule has 2 aromatic carbocycles. The number of anilines is 1. The minimum atomic E-state index is -3.57. The van der Waals surface area contributed by atoms with Crippen molar-refractivity contribution in [3.63, 3.8) is 0 Å². The Labute approximate surface area is 191 Å². The fourth-order valence-corrected chi connectivity index (χ4v) is 5.68. The Kier molecular flexibility index (Phi) is 8.28. The van der Waals surface area contributed by atoms with Crippen molar-refractivity contribution < 1.29 is 17.9 Å². The van der Waals surface area contributed by atoms with Crippen LogP contribution in [0.3, 0.4) is 0 Å². The van der Waals surface area contributed by atoms with Crippen LogP contribution in [0.4, 0.5) is 5.69 Å². The number of hydrogen-bond acceptors (Lipinski definition) is 5. The molecular formula is C24H33N3O4S. The van der Waals surface area contributed by atoms with Crippen molar-refractivity contribution in [2.24, 2.45) is 0 Å². The van der Waals surface area contributed by atoms with Crippen LogP contribution in [-0.2, 0) is 14.8 Å². The summed E-state index contributed by atoms with van der Waals surface area (Å²) >= 11 is 0. The lowest BCUT2D eigenvalue weighted by atomic mass is 10.0. The maximum atomic E-state index is 12.8. The van der Waals surface area contributed by atoms with E-state index in [-0.39, 0.29) is 23.4 Å². The molecule has 1 unspecified atom stereocenters. The van der Waals surface area contributed by atoms with E-state index in [1.54, 1.807) is 18.2 Å². The van der Waals surface area contributed by atoms with Crippen LogP contribution >= 0.6 is 0 Å². The number of sulfonamides is 1. The number of hydrogen-bond donors (Lipinski definition) is 1. The number of benzene rings is 2. The summed E-state index contributed by atoms with van der Waals surface area (Å²) in [5.74, 6) is 0.693. The van der Waals surface area contributed by atoms with Gasteiger partial charge in [-0.3, -0.25) is 9.69 Å². The monoisotopic (exact) mass is 459 g/mol. The molecule has 0 bridgehead atoms. The van der Waals surface area contributed by atoms with Gasteiger partial charge in [0.2, 0.25) is 15.9 Å². The third kappa shape index (κ3) is 5.68. The zero-order chi connectivity index (χ0) is 23.1. The molecule has 0 radical (unpaired) electrons. The Morgan fingerprint density at radius 1 is 1.12 bits per heavy atom. The molecule has 1 heterocycles. The van der Waals surface area contributed by atoms with Crippen LogP contribution in [0.25, 0.3) is 0 Å². The molecule has 8 heteroatoms. The van der Waals surface area contributed by atoms with Crippen LogP contribution in [0.1, 0.15) is 45.2 Å². The van der Waals surface area contributed by atoms with Gasteiger partial charge in [0.1, 0.15) is 5.75 Å². The topological polar surface area (TPSA) is 79.0 Å². The summed E-state index contributed by atoms with van der Waals surface area (Å²) in [6.45, 7) is 8.11. The molecule has 7 nitrogen and oxygen atoms in total. The highest BCUT2D eigenvalue weighted by molar-refractivity contribution is 7.89. The minimum Gasteiger partial charge on any atom is -0.494 e. The van der Waals surface area contributed by atoms with Crippen LogP contribution in [0, 0.1) is 0 Å². The zero-order valence-electron chi connectivity index (χ0n) is 19.1. The van der Waals surface area contributed by atoms with E-state index in [0.29, 0.717) is 25.4 Å². The van der Waals surface area contributed by atoms with Gasteiger partial charge in [-0.1, -0.05) is 32.0 Å². The first-order valence-electron chi connectivity index (χ1n) is 11.3. The lowest BCUT2D eigenvalue weighted by molar-refractivity contribution is -0.117. The third-order valence-electron chi connectivity index (χ3n) is 5.75. The number of carbonyl (C=O) groups is 1. The molecule has 3 rings (SSSR count). The normalized spacial score (nSPS) is 16.9. The summed E-state index contributed by atoms with van der Waals surface area (Å²) in [7, 11) is -3.57. The van der Waals surface area contributed by atoms with E-state index in [2.05, 4.69) is 22.3 Å². The van der Waals surface area contributed by atoms with Gasteiger partial charge >= 0.3 is 0 Å². The number of amides is 1. The molecule has 1 N–H and O–H groups in total. The van der Waals surface area contributed by atoms with E-state index in [1.165, 1.54) is 15.9 Å². The lowest BCUT2D eigenvalue weighted by Crippen LogP contribution is -2.33. The van der Waals surface area contributed by atoms with Gasteiger partial charge in [-0.15, -0.1) is 0 Å². The van der Waals surface area contributed by atoms with E-state index in [4.69, 9.17) is 4.74 Å². The van der Waals surface area contributed by atoms with Gasteiger partial charge < -0.3 is 10.1 Å². The van der Waals surface area contributed by atoms with Crippen LogP contribution in [0.15, 0.2) is 53.4 Å². The third-order valence-corrected chi connectivity index (χ3v) is 7.79. The minimum absolute atomic E-state index is 0.153. The Hall–Kier alpha value is -2.42. The van der Waals surface area contributed by atoms with Crippen LogP contribution in [-0.4, -0.2) is 56.3 Å². The second-order valence-corrected chi connectivity index (χ2v) is 9.73. The van der Waals surface area contributed by atoms with Crippen molar-refractivity contribution >= 4 is 21.6 Å². The first kappa shape index (κ1) is 24.2. The fourth-order valence-electron chi connectivity index (χ4n) is 4.18. The van der Waals surface area contributed by atoms with Crippen LogP contribution in [0.5, 0.6) is 5.75 Å². The van der Waals surface area contributed by atoms with E-state index >= 15 is 0 Å². The fraction of sp³-hybridized carbons (Fsp3) is 0.458. The van der Waals surface area contributed by atoms with Gasteiger partial charge in [-0.05, 0) is 62.2 Å². The molecule has 1 saturated heterocycles. The van der Waals surface area contributed by atoms with Crippen molar-refractivity contribution in [2.75, 3.05) is 38.1 Å². The first-order chi connectivity index (χ1) is 15.4. The second kappa shape index (κ2) is 10.9. The molecule has 0 aromatic heterocycles. The summed E-state index contributed by atoms with van der Waals surface area (Å²) in [5.41, 5.74) is 1.66. The average Bonchev–Trinajstić information content (AvgIpc) is 3.23. The molecule has 1 atom stereocenters. The van der Waals surface area contributed by atoms with Gasteiger partial charge in [0, 0.05) is 24.8 Å². The molecule has 32 heavy (non-hydrogen) atoms. The summed E-state index contributed by atoms with van der Waals surface area (Å²) in [5, 5.41) is 2.87. The van der Waals surface area contributed by atoms with Gasteiger partial charge in [0.15, 0.2) is 0 Å². The Morgan fingerprint density at radius 2 is 1.84 bits per heavy atom. The highest BCUT2D eigenvalue weighted by Crippen LogP contribution is 2.32. The number of nitrogens with one attached hydrogen (secondary N) is 1. The molecule has 174 valence electrons.